The van der Waals surface area contributed by atoms with E-state index >= 15 is 0 Å². The van der Waals surface area contributed by atoms with Crippen LogP contribution in [0.1, 0.15) is 31.4 Å². The molecule has 1 rings (SSSR count). The third-order valence-corrected chi connectivity index (χ3v) is 5.80. The van der Waals surface area contributed by atoms with E-state index in [2.05, 4.69) is 30.9 Å². The second kappa shape index (κ2) is 16.8. The lowest BCUT2D eigenvalue weighted by Crippen LogP contribution is -2.57. The van der Waals surface area contributed by atoms with E-state index in [-0.39, 0.29) is 25.3 Å². The fourth-order valence-electron chi connectivity index (χ4n) is 3.17. The Morgan fingerprint density at radius 1 is 1.03 bits per heavy atom. The van der Waals surface area contributed by atoms with E-state index in [1.54, 1.807) is 0 Å². The summed E-state index contributed by atoms with van der Waals surface area (Å²) >= 11 is 1.51. The molecular formula is C21H35N9O7S. The highest BCUT2D eigenvalue weighted by Crippen LogP contribution is 2.06. The normalized spacial score (nSPS) is 13.8. The smallest absolute Gasteiger partial charge is 0.326 e. The number of carboxylic acids is 2. The Kier molecular flexibility index (Phi) is 14.2. The number of hydrogen-bond acceptors (Lipinski definition) is 9. The number of rotatable bonds is 18. The average molecular weight is 558 g/mol. The monoisotopic (exact) mass is 557 g/mol. The molecule has 12 N–H and O–H groups in total. The van der Waals surface area contributed by atoms with Gasteiger partial charge >= 0.3 is 11.9 Å². The molecule has 212 valence electrons. The van der Waals surface area contributed by atoms with Crippen LogP contribution in [-0.2, 0) is 30.4 Å². The first-order chi connectivity index (χ1) is 17.9. The maximum Gasteiger partial charge on any atom is 0.326 e. The summed E-state index contributed by atoms with van der Waals surface area (Å²) < 4.78 is 0. The van der Waals surface area contributed by atoms with Crippen molar-refractivity contribution in [2.75, 3.05) is 18.6 Å². The summed E-state index contributed by atoms with van der Waals surface area (Å²) in [6.07, 6.45) is 4.38. The minimum absolute atomic E-state index is 0.0960. The molecule has 3 amide bonds. The molecule has 1 heterocycles. The Labute approximate surface area is 223 Å². The molecule has 0 radical (unpaired) electrons. The van der Waals surface area contributed by atoms with Crippen molar-refractivity contribution in [1.82, 2.24) is 25.9 Å². The number of H-pyrrole nitrogens is 1. The van der Waals surface area contributed by atoms with Crippen LogP contribution in [0.25, 0.3) is 0 Å². The van der Waals surface area contributed by atoms with E-state index in [0.29, 0.717) is 24.3 Å². The van der Waals surface area contributed by atoms with Gasteiger partial charge in [-0.2, -0.15) is 11.8 Å². The minimum Gasteiger partial charge on any atom is -0.481 e. The van der Waals surface area contributed by atoms with Crippen LogP contribution in [0.2, 0.25) is 0 Å². The number of nitrogens with zero attached hydrogens (tertiary/aromatic N) is 2. The SMILES string of the molecule is CSCCC(N)C(=O)NC(CCCN=C(N)N)C(=O)NC(Cc1cnc[nH]1)C(=O)NC(CC(=O)O)C(=O)O. The second-order valence-electron chi connectivity index (χ2n) is 8.24. The number of aliphatic imine (C=N–C) groups is 1. The first-order valence-corrected chi connectivity index (χ1v) is 13.0. The summed E-state index contributed by atoms with van der Waals surface area (Å²) in [5.74, 6) is -4.76. The Balaban J connectivity index is 3.09. The predicted molar refractivity (Wildman–Crippen MR) is 139 cm³/mol. The largest absolute Gasteiger partial charge is 0.481 e. The molecule has 0 aromatic carbocycles. The van der Waals surface area contributed by atoms with Gasteiger partial charge < -0.3 is 48.3 Å². The quantitative estimate of drug-likeness (QED) is 0.0499. The van der Waals surface area contributed by atoms with Crippen molar-refractivity contribution in [3.8, 4) is 0 Å². The maximum atomic E-state index is 13.2. The number of carbonyl (C=O) groups is 5. The second-order valence-corrected chi connectivity index (χ2v) is 9.22. The zero-order chi connectivity index (χ0) is 28.7. The van der Waals surface area contributed by atoms with Gasteiger partial charge in [0.15, 0.2) is 5.96 Å². The van der Waals surface area contributed by atoms with Crippen molar-refractivity contribution >= 4 is 47.4 Å². The van der Waals surface area contributed by atoms with Crippen LogP contribution in [-0.4, -0.2) is 98.5 Å². The molecule has 0 saturated carbocycles. The van der Waals surface area contributed by atoms with Crippen molar-refractivity contribution in [3.63, 3.8) is 0 Å². The molecule has 38 heavy (non-hydrogen) atoms. The first-order valence-electron chi connectivity index (χ1n) is 11.6. The summed E-state index contributed by atoms with van der Waals surface area (Å²) in [7, 11) is 0. The van der Waals surface area contributed by atoms with Gasteiger partial charge in [-0.3, -0.25) is 24.2 Å². The van der Waals surface area contributed by atoms with E-state index in [1.807, 2.05) is 6.26 Å². The number of nitrogens with two attached hydrogens (primary N) is 3. The molecule has 0 fully saturated rings. The number of thioether (sulfide) groups is 1. The van der Waals surface area contributed by atoms with Crippen LogP contribution < -0.4 is 33.2 Å². The third-order valence-electron chi connectivity index (χ3n) is 5.15. The molecule has 0 bridgehead atoms. The van der Waals surface area contributed by atoms with Crippen molar-refractivity contribution in [2.24, 2.45) is 22.2 Å². The van der Waals surface area contributed by atoms with Crippen molar-refractivity contribution in [2.45, 2.75) is 56.3 Å². The summed E-state index contributed by atoms with van der Waals surface area (Å²) in [5, 5.41) is 25.5. The van der Waals surface area contributed by atoms with Crippen LogP contribution in [0.3, 0.4) is 0 Å². The highest BCUT2D eigenvalue weighted by Gasteiger charge is 2.31. The highest BCUT2D eigenvalue weighted by atomic mass is 32.2. The highest BCUT2D eigenvalue weighted by molar-refractivity contribution is 7.98. The zero-order valence-electron chi connectivity index (χ0n) is 20.9. The average Bonchev–Trinajstić information content (AvgIpc) is 3.35. The van der Waals surface area contributed by atoms with Crippen molar-refractivity contribution < 1.29 is 34.2 Å². The zero-order valence-corrected chi connectivity index (χ0v) is 21.7. The first kappa shape index (κ1) is 32.2. The van der Waals surface area contributed by atoms with E-state index in [4.69, 9.17) is 22.3 Å². The number of amides is 3. The number of hydrogen-bond donors (Lipinski definition) is 9. The number of carboxylic acid groups (broad SMARTS) is 2. The summed E-state index contributed by atoms with van der Waals surface area (Å²) in [6, 6.07) is -5.05. The van der Waals surface area contributed by atoms with Crippen molar-refractivity contribution in [3.05, 3.63) is 18.2 Å². The fraction of sp³-hybridized carbons (Fsp3) is 0.571. The van der Waals surface area contributed by atoms with Crippen LogP contribution in [0.15, 0.2) is 17.5 Å². The Morgan fingerprint density at radius 2 is 1.66 bits per heavy atom. The molecule has 16 nitrogen and oxygen atoms in total. The minimum atomic E-state index is -1.73. The van der Waals surface area contributed by atoms with E-state index in [1.165, 1.54) is 24.3 Å². The van der Waals surface area contributed by atoms with Gasteiger partial charge in [-0.05, 0) is 31.3 Å². The Morgan fingerprint density at radius 3 is 2.21 bits per heavy atom. The molecule has 0 aliphatic carbocycles. The molecule has 1 aromatic heterocycles. The Bertz CT molecular complexity index is 970. The van der Waals surface area contributed by atoms with Gasteiger partial charge in [0, 0.05) is 24.9 Å². The number of imidazole rings is 1. The lowest BCUT2D eigenvalue weighted by atomic mass is 10.1. The predicted octanol–water partition coefficient (Wildman–Crippen LogP) is -2.90. The summed E-state index contributed by atoms with van der Waals surface area (Å²) in [6.45, 7) is 0.175. The number of aromatic nitrogens is 2. The van der Waals surface area contributed by atoms with Gasteiger partial charge in [0.25, 0.3) is 0 Å². The number of aromatic amines is 1. The van der Waals surface area contributed by atoms with Crippen molar-refractivity contribution in [1.29, 1.82) is 0 Å². The van der Waals surface area contributed by atoms with Gasteiger partial charge in [0.2, 0.25) is 17.7 Å². The third kappa shape index (κ3) is 12.4. The van der Waals surface area contributed by atoms with E-state index in [9.17, 15) is 29.1 Å². The molecule has 17 heteroatoms. The molecule has 0 aliphatic rings. The van der Waals surface area contributed by atoms with Gasteiger partial charge in [-0.15, -0.1) is 0 Å². The Hall–Kier alpha value is -3.86. The van der Waals surface area contributed by atoms with E-state index in [0.717, 1.165) is 0 Å². The number of nitrogens with one attached hydrogen (secondary N) is 4. The maximum absolute atomic E-state index is 13.2. The molecule has 1 aromatic rings. The fourth-order valence-corrected chi connectivity index (χ4v) is 3.66. The van der Waals surface area contributed by atoms with Crippen LogP contribution in [0.4, 0.5) is 0 Å². The molecule has 4 unspecified atom stereocenters. The van der Waals surface area contributed by atoms with Crippen LogP contribution in [0, 0.1) is 0 Å². The van der Waals surface area contributed by atoms with Gasteiger partial charge in [-0.1, -0.05) is 0 Å². The number of guanidine groups is 1. The molecule has 0 spiro atoms. The standard InChI is InChI=1S/C21H35N9O7S/c1-38-6-4-12(22)17(33)28-13(3-2-5-26-21(23)24)18(34)29-14(7-11-9-25-10-27-11)19(35)30-15(20(36)37)8-16(31)32/h9-10,12-15H,2-8,22H2,1H3,(H,25,27)(H,28,33)(H,29,34)(H,30,35)(H,31,32)(H,36,37)(H4,23,24,26). The van der Waals surface area contributed by atoms with E-state index < -0.39 is 60.2 Å². The lowest BCUT2D eigenvalue weighted by Gasteiger charge is -2.25. The van der Waals surface area contributed by atoms with Crippen LogP contribution >= 0.6 is 11.8 Å². The van der Waals surface area contributed by atoms with Gasteiger partial charge in [0.05, 0.1) is 18.8 Å². The number of aliphatic carboxylic acids is 2. The van der Waals surface area contributed by atoms with Gasteiger partial charge in [-0.25, -0.2) is 9.78 Å². The molecule has 0 saturated heterocycles. The summed E-state index contributed by atoms with van der Waals surface area (Å²) in [5.41, 5.74) is 17.0. The topological polar surface area (TPSA) is 281 Å². The molecule has 0 aliphatic heterocycles. The van der Waals surface area contributed by atoms with Crippen LogP contribution in [0.5, 0.6) is 0 Å². The van der Waals surface area contributed by atoms with Gasteiger partial charge in [0.1, 0.15) is 18.1 Å². The molecular weight excluding hydrogens is 522 g/mol. The molecule has 4 atom stereocenters. The lowest BCUT2D eigenvalue weighted by molar-refractivity contribution is -0.147. The summed E-state index contributed by atoms with van der Waals surface area (Å²) in [4.78, 5) is 71.6. The number of carbonyl (C=O) groups excluding carboxylic acids is 3.